The molecule has 0 N–H and O–H groups in total. The summed E-state index contributed by atoms with van der Waals surface area (Å²) in [5, 5.41) is 1.37. The maximum Gasteiger partial charge on any atom is 0.410 e. The molecule has 0 unspecified atom stereocenters. The smallest absolute Gasteiger partial charge is 0.410 e. The molecule has 1 heterocycles. The molecule has 0 aromatic heterocycles. The number of amides is 2. The Balaban J connectivity index is 1.73. The van der Waals surface area contributed by atoms with E-state index in [4.69, 9.17) is 9.57 Å². The number of hydroxylamine groups is 2. The topological polar surface area (TPSA) is 59.1 Å². The van der Waals surface area contributed by atoms with E-state index in [0.717, 1.165) is 5.56 Å². The van der Waals surface area contributed by atoms with Crippen LogP contribution in [0.3, 0.4) is 0 Å². The molecule has 0 saturated carbocycles. The van der Waals surface area contributed by atoms with Crippen molar-refractivity contribution in [1.29, 1.82) is 0 Å². The van der Waals surface area contributed by atoms with Crippen molar-refractivity contribution in [3.63, 3.8) is 0 Å². The van der Waals surface area contributed by atoms with Gasteiger partial charge in [-0.15, -0.1) is 0 Å². The first-order valence-electron chi connectivity index (χ1n) is 8.00. The number of benzene rings is 1. The van der Waals surface area contributed by atoms with E-state index >= 15 is 0 Å². The molecule has 126 valence electrons. The van der Waals surface area contributed by atoms with Crippen LogP contribution in [0.15, 0.2) is 30.3 Å². The van der Waals surface area contributed by atoms with Crippen LogP contribution in [0.2, 0.25) is 0 Å². The third kappa shape index (κ3) is 5.25. The Morgan fingerprint density at radius 1 is 1.22 bits per heavy atom. The number of ether oxygens (including phenoxy) is 1. The number of nitrogens with zero attached hydrogens (tertiary/aromatic N) is 2. The van der Waals surface area contributed by atoms with Gasteiger partial charge in [0.05, 0.1) is 6.10 Å². The molecule has 0 aliphatic carbocycles. The van der Waals surface area contributed by atoms with Crippen LogP contribution < -0.4 is 0 Å². The molecule has 23 heavy (non-hydrogen) atoms. The maximum atomic E-state index is 12.1. The van der Waals surface area contributed by atoms with Gasteiger partial charge in [-0.05, 0) is 25.3 Å². The summed E-state index contributed by atoms with van der Waals surface area (Å²) in [5.41, 5.74) is 0.971. The predicted octanol–water partition coefficient (Wildman–Crippen LogP) is 2.59. The average molecular weight is 320 g/mol. The van der Waals surface area contributed by atoms with E-state index in [1.165, 1.54) is 12.0 Å². The maximum absolute atomic E-state index is 12.1. The van der Waals surface area contributed by atoms with Crippen LogP contribution in [0.25, 0.3) is 0 Å². The minimum absolute atomic E-state index is 0.0305. The summed E-state index contributed by atoms with van der Waals surface area (Å²) in [4.78, 5) is 30.8. The van der Waals surface area contributed by atoms with Crippen molar-refractivity contribution < 1.29 is 19.2 Å². The summed E-state index contributed by atoms with van der Waals surface area (Å²) >= 11 is 0. The summed E-state index contributed by atoms with van der Waals surface area (Å²) in [6.45, 7) is 5.32. The molecule has 1 fully saturated rings. The second-order valence-electron chi connectivity index (χ2n) is 5.55. The third-order valence-corrected chi connectivity index (χ3v) is 3.82. The number of hydrogen-bond acceptors (Lipinski definition) is 4. The first kappa shape index (κ1) is 17.3. The summed E-state index contributed by atoms with van der Waals surface area (Å²) < 4.78 is 5.32. The van der Waals surface area contributed by atoms with Crippen molar-refractivity contribution in [2.24, 2.45) is 0 Å². The largest absolute Gasteiger partial charge is 0.445 e. The molecule has 6 nitrogen and oxygen atoms in total. The van der Waals surface area contributed by atoms with Crippen LogP contribution in [-0.2, 0) is 21.0 Å². The Kier molecular flexibility index (Phi) is 6.40. The quantitative estimate of drug-likeness (QED) is 0.783. The van der Waals surface area contributed by atoms with Gasteiger partial charge in [0, 0.05) is 26.6 Å². The van der Waals surface area contributed by atoms with E-state index in [1.807, 2.05) is 37.3 Å². The van der Waals surface area contributed by atoms with Gasteiger partial charge in [-0.1, -0.05) is 30.3 Å². The average Bonchev–Trinajstić information content (AvgIpc) is 2.58. The van der Waals surface area contributed by atoms with Gasteiger partial charge >= 0.3 is 6.09 Å². The lowest BCUT2D eigenvalue weighted by Crippen LogP contribution is -2.43. The fraction of sp³-hybridized carbons (Fsp3) is 0.529. The van der Waals surface area contributed by atoms with Crippen LogP contribution in [0.5, 0.6) is 0 Å². The van der Waals surface area contributed by atoms with Crippen LogP contribution in [-0.4, -0.2) is 47.7 Å². The zero-order valence-electron chi connectivity index (χ0n) is 13.7. The summed E-state index contributed by atoms with van der Waals surface area (Å²) in [6, 6.07) is 9.61. The van der Waals surface area contributed by atoms with Gasteiger partial charge in [-0.2, -0.15) is 0 Å². The van der Waals surface area contributed by atoms with Gasteiger partial charge in [-0.3, -0.25) is 9.63 Å². The number of likely N-dealkylation sites (tertiary alicyclic amines) is 1. The van der Waals surface area contributed by atoms with Gasteiger partial charge in [-0.25, -0.2) is 9.86 Å². The Labute approximate surface area is 136 Å². The Morgan fingerprint density at radius 3 is 2.43 bits per heavy atom. The highest BCUT2D eigenvalue weighted by atomic mass is 16.7. The normalized spacial score (nSPS) is 15.3. The van der Waals surface area contributed by atoms with Crippen molar-refractivity contribution in [3.05, 3.63) is 35.9 Å². The van der Waals surface area contributed by atoms with Gasteiger partial charge < -0.3 is 9.64 Å². The SMILES string of the molecule is CCN(OC1CCN(C(=O)OCc2ccccc2)CC1)C(C)=O. The molecule has 6 heteroatoms. The zero-order chi connectivity index (χ0) is 16.7. The second-order valence-corrected chi connectivity index (χ2v) is 5.55. The summed E-state index contributed by atoms with van der Waals surface area (Å²) in [6.07, 6.45) is 1.07. The molecule has 0 radical (unpaired) electrons. The van der Waals surface area contributed by atoms with Gasteiger partial charge in [0.15, 0.2) is 0 Å². The molecule has 1 aromatic rings. The highest BCUT2D eigenvalue weighted by molar-refractivity contribution is 5.71. The zero-order valence-corrected chi connectivity index (χ0v) is 13.7. The van der Waals surface area contributed by atoms with E-state index in [-0.39, 0.29) is 24.7 Å². The summed E-state index contributed by atoms with van der Waals surface area (Å²) in [5.74, 6) is -0.0998. The molecule has 2 rings (SSSR count). The molecule has 0 atom stereocenters. The monoisotopic (exact) mass is 320 g/mol. The first-order valence-corrected chi connectivity index (χ1v) is 8.00. The molecule has 1 aliphatic heterocycles. The molecule has 1 aliphatic rings. The van der Waals surface area contributed by atoms with Crippen molar-refractivity contribution in [2.75, 3.05) is 19.6 Å². The van der Waals surface area contributed by atoms with Crippen molar-refractivity contribution >= 4 is 12.0 Å². The van der Waals surface area contributed by atoms with Gasteiger partial charge in [0.1, 0.15) is 6.61 Å². The minimum atomic E-state index is -0.300. The highest BCUT2D eigenvalue weighted by Gasteiger charge is 2.26. The number of hydrogen-bond donors (Lipinski definition) is 0. The number of carbonyl (C=O) groups excluding carboxylic acids is 2. The number of piperidine rings is 1. The fourth-order valence-electron chi connectivity index (χ4n) is 2.51. The van der Waals surface area contributed by atoms with Crippen LogP contribution in [0.1, 0.15) is 32.3 Å². The fourth-order valence-corrected chi connectivity index (χ4v) is 2.51. The van der Waals surface area contributed by atoms with E-state index in [1.54, 1.807) is 4.90 Å². The van der Waals surface area contributed by atoms with E-state index in [2.05, 4.69) is 0 Å². The number of carbonyl (C=O) groups is 2. The third-order valence-electron chi connectivity index (χ3n) is 3.82. The van der Waals surface area contributed by atoms with E-state index in [0.29, 0.717) is 32.5 Å². The molecule has 0 bridgehead atoms. The van der Waals surface area contributed by atoms with Gasteiger partial charge in [0.2, 0.25) is 5.91 Å². The molecule has 2 amide bonds. The van der Waals surface area contributed by atoms with E-state index < -0.39 is 0 Å². The van der Waals surface area contributed by atoms with Crippen LogP contribution in [0.4, 0.5) is 4.79 Å². The lowest BCUT2D eigenvalue weighted by atomic mass is 10.1. The standard InChI is InChI=1S/C17H24N2O4/c1-3-19(14(2)20)23-16-9-11-18(12-10-16)17(21)22-13-15-7-5-4-6-8-15/h4-8,16H,3,9-13H2,1-2H3. The van der Waals surface area contributed by atoms with Crippen LogP contribution >= 0.6 is 0 Å². The lowest BCUT2D eigenvalue weighted by molar-refractivity contribution is -0.208. The van der Waals surface area contributed by atoms with E-state index in [9.17, 15) is 9.59 Å². The molecule has 0 spiro atoms. The van der Waals surface area contributed by atoms with Crippen molar-refractivity contribution in [3.8, 4) is 0 Å². The Bertz CT molecular complexity index is 513. The minimum Gasteiger partial charge on any atom is -0.445 e. The van der Waals surface area contributed by atoms with Gasteiger partial charge in [0.25, 0.3) is 0 Å². The first-order chi connectivity index (χ1) is 11.1. The van der Waals surface area contributed by atoms with Crippen LogP contribution in [0, 0.1) is 0 Å². The molecular weight excluding hydrogens is 296 g/mol. The molecule has 1 saturated heterocycles. The number of rotatable bonds is 5. The van der Waals surface area contributed by atoms with Crippen molar-refractivity contribution in [2.45, 2.75) is 39.4 Å². The second kappa shape index (κ2) is 8.53. The molecular formula is C17H24N2O4. The lowest BCUT2D eigenvalue weighted by Gasteiger charge is -2.33. The highest BCUT2D eigenvalue weighted by Crippen LogP contribution is 2.16. The summed E-state index contributed by atoms with van der Waals surface area (Å²) in [7, 11) is 0. The molecule has 1 aromatic carbocycles. The predicted molar refractivity (Wildman–Crippen MR) is 85.4 cm³/mol. The Morgan fingerprint density at radius 2 is 1.87 bits per heavy atom. The van der Waals surface area contributed by atoms with Crippen molar-refractivity contribution in [1.82, 2.24) is 9.96 Å². The Hall–Kier alpha value is -2.08.